The van der Waals surface area contributed by atoms with Crippen molar-refractivity contribution in [1.82, 2.24) is 4.90 Å². The number of para-hydroxylation sites is 1. The van der Waals surface area contributed by atoms with E-state index in [0.29, 0.717) is 12.3 Å². The number of hydrogen-bond acceptors (Lipinski definition) is 5. The van der Waals surface area contributed by atoms with E-state index in [1.54, 1.807) is 19.1 Å². The van der Waals surface area contributed by atoms with E-state index >= 15 is 0 Å². The molecule has 0 saturated carbocycles. The fraction of sp³-hybridized carbons (Fsp3) is 0.438. The highest BCUT2D eigenvalue weighted by Crippen LogP contribution is 2.16. The number of hydrogen-bond donors (Lipinski definition) is 0. The molecule has 1 amide bonds. The lowest BCUT2D eigenvalue weighted by Gasteiger charge is -2.30. The molecule has 1 unspecified atom stereocenters. The number of Topliss-reactive ketones (excluding diaryl/α,β-unsaturated/α-hetero) is 1. The molecule has 1 aliphatic heterocycles. The van der Waals surface area contributed by atoms with Crippen molar-refractivity contribution < 1.29 is 23.9 Å². The number of esters is 1. The second-order valence-electron chi connectivity index (χ2n) is 4.96. The van der Waals surface area contributed by atoms with Crippen molar-refractivity contribution in [3.63, 3.8) is 0 Å². The number of amides is 1. The number of likely N-dealkylation sites (tertiary alicyclic amines) is 1. The average Bonchev–Trinajstić information content (AvgIpc) is 2.54. The molecule has 118 valence electrons. The molecule has 0 aromatic heterocycles. The number of piperidine rings is 1. The van der Waals surface area contributed by atoms with Gasteiger partial charge in [-0.3, -0.25) is 14.4 Å². The maximum atomic E-state index is 12.1. The van der Waals surface area contributed by atoms with Crippen LogP contribution in [0.3, 0.4) is 0 Å². The normalized spacial score (nSPS) is 18.0. The molecule has 1 atom stereocenters. The molecule has 0 bridgehead atoms. The highest BCUT2D eigenvalue weighted by molar-refractivity contribution is 6.00. The van der Waals surface area contributed by atoms with Gasteiger partial charge < -0.3 is 14.4 Å². The Balaban J connectivity index is 1.90. The number of nitrogens with zero attached hydrogens (tertiary/aromatic N) is 1. The van der Waals surface area contributed by atoms with E-state index in [-0.39, 0.29) is 37.9 Å². The van der Waals surface area contributed by atoms with Gasteiger partial charge in [-0.2, -0.15) is 0 Å². The van der Waals surface area contributed by atoms with Crippen LogP contribution in [-0.2, 0) is 19.1 Å². The summed E-state index contributed by atoms with van der Waals surface area (Å²) in [5, 5.41) is 0. The molecule has 6 nitrogen and oxygen atoms in total. The Morgan fingerprint density at radius 1 is 1.27 bits per heavy atom. The molecule has 22 heavy (non-hydrogen) atoms. The molecule has 2 rings (SSSR count). The summed E-state index contributed by atoms with van der Waals surface area (Å²) in [5.41, 5.74) is 0. The smallest absolute Gasteiger partial charge is 0.318 e. The van der Waals surface area contributed by atoms with Gasteiger partial charge in [-0.15, -0.1) is 0 Å². The molecule has 1 aromatic rings. The lowest BCUT2D eigenvalue weighted by molar-refractivity contribution is -0.155. The van der Waals surface area contributed by atoms with Crippen LogP contribution in [0, 0.1) is 5.92 Å². The zero-order valence-electron chi connectivity index (χ0n) is 12.5. The Morgan fingerprint density at radius 3 is 2.68 bits per heavy atom. The summed E-state index contributed by atoms with van der Waals surface area (Å²) in [6.45, 7) is 2.16. The van der Waals surface area contributed by atoms with Crippen LogP contribution in [0.2, 0.25) is 0 Å². The molecule has 0 aliphatic carbocycles. The van der Waals surface area contributed by atoms with E-state index in [9.17, 15) is 14.4 Å². The third kappa shape index (κ3) is 4.07. The van der Waals surface area contributed by atoms with Gasteiger partial charge in [-0.05, 0) is 19.1 Å². The van der Waals surface area contributed by atoms with Gasteiger partial charge in [0.2, 0.25) is 0 Å². The van der Waals surface area contributed by atoms with Gasteiger partial charge in [0.15, 0.2) is 12.4 Å². The Morgan fingerprint density at radius 2 is 2.00 bits per heavy atom. The molecule has 1 aliphatic rings. The zero-order chi connectivity index (χ0) is 15.9. The van der Waals surface area contributed by atoms with Crippen LogP contribution < -0.4 is 4.74 Å². The van der Waals surface area contributed by atoms with E-state index < -0.39 is 11.9 Å². The standard InChI is InChI=1S/C16H19NO5/c1-2-21-16(20)13-10-17(9-8-14(13)18)15(19)11-22-12-6-4-3-5-7-12/h3-7,13H,2,8-11H2,1H3. The lowest BCUT2D eigenvalue weighted by Crippen LogP contribution is -2.48. The van der Waals surface area contributed by atoms with Gasteiger partial charge >= 0.3 is 5.97 Å². The van der Waals surface area contributed by atoms with Crippen molar-refractivity contribution in [3.05, 3.63) is 30.3 Å². The van der Waals surface area contributed by atoms with E-state index in [2.05, 4.69) is 0 Å². The van der Waals surface area contributed by atoms with Crippen molar-refractivity contribution in [1.29, 1.82) is 0 Å². The summed E-state index contributed by atoms with van der Waals surface area (Å²) < 4.78 is 10.3. The summed E-state index contributed by atoms with van der Waals surface area (Å²) in [5.74, 6) is -1.26. The SMILES string of the molecule is CCOC(=O)C1CN(C(=O)COc2ccccc2)CCC1=O. The number of carbonyl (C=O) groups excluding carboxylic acids is 3. The predicted molar refractivity (Wildman–Crippen MR) is 78.3 cm³/mol. The summed E-state index contributed by atoms with van der Waals surface area (Å²) >= 11 is 0. The Hall–Kier alpha value is -2.37. The van der Waals surface area contributed by atoms with E-state index in [0.717, 1.165) is 0 Å². The highest BCUT2D eigenvalue weighted by Gasteiger charge is 2.35. The Labute approximate surface area is 129 Å². The van der Waals surface area contributed by atoms with Gasteiger partial charge in [0.1, 0.15) is 11.7 Å². The average molecular weight is 305 g/mol. The minimum absolute atomic E-state index is 0.0641. The van der Waals surface area contributed by atoms with Gasteiger partial charge in [-0.1, -0.05) is 18.2 Å². The number of ketones is 1. The second-order valence-corrected chi connectivity index (χ2v) is 4.96. The summed E-state index contributed by atoms with van der Waals surface area (Å²) in [4.78, 5) is 37.2. The van der Waals surface area contributed by atoms with Crippen molar-refractivity contribution in [2.75, 3.05) is 26.3 Å². The molecule has 0 radical (unpaired) electrons. The maximum Gasteiger partial charge on any atom is 0.318 e. The minimum atomic E-state index is -0.880. The monoisotopic (exact) mass is 305 g/mol. The fourth-order valence-electron chi connectivity index (χ4n) is 2.26. The lowest BCUT2D eigenvalue weighted by atomic mass is 9.96. The largest absolute Gasteiger partial charge is 0.484 e. The van der Waals surface area contributed by atoms with Crippen LogP contribution in [0.25, 0.3) is 0 Å². The molecular weight excluding hydrogens is 286 g/mol. The minimum Gasteiger partial charge on any atom is -0.484 e. The number of ether oxygens (including phenoxy) is 2. The number of rotatable bonds is 5. The van der Waals surface area contributed by atoms with Crippen molar-refractivity contribution >= 4 is 17.7 Å². The van der Waals surface area contributed by atoms with Crippen LogP contribution in [0.4, 0.5) is 0 Å². The third-order valence-corrected chi connectivity index (χ3v) is 3.45. The molecule has 1 fully saturated rings. The van der Waals surface area contributed by atoms with Gasteiger partial charge in [0.25, 0.3) is 5.91 Å². The van der Waals surface area contributed by atoms with E-state index in [1.807, 2.05) is 18.2 Å². The van der Waals surface area contributed by atoms with Gasteiger partial charge in [0.05, 0.1) is 6.61 Å². The quantitative estimate of drug-likeness (QED) is 0.600. The first-order chi connectivity index (χ1) is 10.6. The molecule has 0 spiro atoms. The van der Waals surface area contributed by atoms with Gasteiger partial charge in [-0.25, -0.2) is 0 Å². The van der Waals surface area contributed by atoms with Gasteiger partial charge in [0, 0.05) is 19.5 Å². The Bertz CT molecular complexity index is 543. The first-order valence-corrected chi connectivity index (χ1v) is 7.26. The van der Waals surface area contributed by atoms with E-state index in [4.69, 9.17) is 9.47 Å². The summed E-state index contributed by atoms with van der Waals surface area (Å²) in [6.07, 6.45) is 0.167. The van der Waals surface area contributed by atoms with Crippen molar-refractivity contribution in [3.8, 4) is 5.75 Å². The first kappa shape index (κ1) is 16.0. The molecular formula is C16H19NO5. The number of benzene rings is 1. The fourth-order valence-corrected chi connectivity index (χ4v) is 2.26. The topological polar surface area (TPSA) is 72.9 Å². The molecule has 6 heteroatoms. The molecule has 1 heterocycles. The van der Waals surface area contributed by atoms with Crippen molar-refractivity contribution in [2.24, 2.45) is 5.92 Å². The highest BCUT2D eigenvalue weighted by atomic mass is 16.5. The van der Waals surface area contributed by atoms with Crippen LogP contribution >= 0.6 is 0 Å². The van der Waals surface area contributed by atoms with Crippen LogP contribution in [0.1, 0.15) is 13.3 Å². The molecule has 1 saturated heterocycles. The first-order valence-electron chi connectivity index (χ1n) is 7.26. The van der Waals surface area contributed by atoms with Crippen LogP contribution in [0.15, 0.2) is 30.3 Å². The van der Waals surface area contributed by atoms with E-state index in [1.165, 1.54) is 4.90 Å². The maximum absolute atomic E-state index is 12.1. The predicted octanol–water partition coefficient (Wildman–Crippen LogP) is 1.05. The molecule has 0 N–H and O–H groups in total. The summed E-state index contributed by atoms with van der Waals surface area (Å²) in [7, 11) is 0. The zero-order valence-corrected chi connectivity index (χ0v) is 12.5. The second kappa shape index (κ2) is 7.59. The summed E-state index contributed by atoms with van der Waals surface area (Å²) in [6, 6.07) is 9.00. The molecule has 1 aromatic carbocycles. The number of carbonyl (C=O) groups is 3. The van der Waals surface area contributed by atoms with Crippen molar-refractivity contribution in [2.45, 2.75) is 13.3 Å². The Kier molecular flexibility index (Phi) is 5.52. The third-order valence-electron chi connectivity index (χ3n) is 3.45. The van der Waals surface area contributed by atoms with Crippen LogP contribution in [-0.4, -0.2) is 48.9 Å². The van der Waals surface area contributed by atoms with Crippen LogP contribution in [0.5, 0.6) is 5.75 Å².